The van der Waals surface area contributed by atoms with Gasteiger partial charge in [-0.3, -0.25) is 0 Å². The smallest absolute Gasteiger partial charge is 0.135 e. The molecule has 2 rings (SSSR count). The summed E-state index contributed by atoms with van der Waals surface area (Å²) in [7, 11) is 2.04. The van der Waals surface area contributed by atoms with Crippen molar-refractivity contribution in [3.63, 3.8) is 0 Å². The minimum Gasteiger partial charge on any atom is -0.330 e. The first-order chi connectivity index (χ1) is 9.11. The predicted molar refractivity (Wildman–Crippen MR) is 81.0 cm³/mol. The van der Waals surface area contributed by atoms with Gasteiger partial charge in [0.15, 0.2) is 0 Å². The van der Waals surface area contributed by atoms with Gasteiger partial charge in [0.1, 0.15) is 5.82 Å². The minimum absolute atomic E-state index is 0.661. The van der Waals surface area contributed by atoms with Crippen molar-refractivity contribution >= 4 is 11.5 Å². The van der Waals surface area contributed by atoms with E-state index in [-0.39, 0.29) is 0 Å². The van der Waals surface area contributed by atoms with Crippen molar-refractivity contribution in [2.24, 2.45) is 5.73 Å². The van der Waals surface area contributed by atoms with Gasteiger partial charge >= 0.3 is 0 Å². The van der Waals surface area contributed by atoms with E-state index in [1.54, 1.807) is 0 Å². The zero-order valence-corrected chi connectivity index (χ0v) is 11.9. The number of rotatable bonds is 4. The van der Waals surface area contributed by atoms with E-state index in [0.717, 1.165) is 17.9 Å². The lowest BCUT2D eigenvalue weighted by atomic mass is 10.1. The number of hydrogen-bond donors (Lipinski definition) is 1. The first kappa shape index (κ1) is 13.6. The van der Waals surface area contributed by atoms with Crippen LogP contribution in [-0.2, 0) is 6.42 Å². The van der Waals surface area contributed by atoms with Gasteiger partial charge in [-0.2, -0.15) is 0 Å². The molecule has 0 unspecified atom stereocenters. The lowest BCUT2D eigenvalue weighted by molar-refractivity contribution is 0.950. The summed E-state index contributed by atoms with van der Waals surface area (Å²) in [5.74, 6) is 0.990. The van der Waals surface area contributed by atoms with Crippen LogP contribution in [0.25, 0.3) is 0 Å². The molecule has 3 nitrogen and oxygen atoms in total. The third kappa shape index (κ3) is 3.12. The van der Waals surface area contributed by atoms with Gasteiger partial charge in [-0.1, -0.05) is 23.8 Å². The quantitative estimate of drug-likeness (QED) is 0.913. The molecule has 0 bridgehead atoms. The van der Waals surface area contributed by atoms with Crippen molar-refractivity contribution in [3.05, 3.63) is 53.2 Å². The summed E-state index contributed by atoms with van der Waals surface area (Å²) < 4.78 is 0. The van der Waals surface area contributed by atoms with Crippen LogP contribution in [0.1, 0.15) is 16.7 Å². The Morgan fingerprint density at radius 3 is 2.42 bits per heavy atom. The average molecular weight is 255 g/mol. The molecule has 0 aliphatic rings. The zero-order chi connectivity index (χ0) is 13.8. The highest BCUT2D eigenvalue weighted by Gasteiger charge is 2.09. The highest BCUT2D eigenvalue weighted by atomic mass is 15.2. The second-order valence-corrected chi connectivity index (χ2v) is 4.92. The Morgan fingerprint density at radius 1 is 1.16 bits per heavy atom. The average Bonchev–Trinajstić information content (AvgIpc) is 2.39. The third-order valence-corrected chi connectivity index (χ3v) is 3.28. The van der Waals surface area contributed by atoms with E-state index in [1.807, 2.05) is 13.2 Å². The van der Waals surface area contributed by atoms with Crippen molar-refractivity contribution in [2.75, 3.05) is 18.5 Å². The molecule has 0 fully saturated rings. The first-order valence-corrected chi connectivity index (χ1v) is 6.58. The molecule has 0 saturated heterocycles. The van der Waals surface area contributed by atoms with Crippen molar-refractivity contribution in [1.29, 1.82) is 0 Å². The van der Waals surface area contributed by atoms with Gasteiger partial charge in [-0.05, 0) is 50.1 Å². The Bertz CT molecular complexity index is 546. The molecule has 0 spiro atoms. The number of anilines is 2. The summed E-state index contributed by atoms with van der Waals surface area (Å²) in [5.41, 5.74) is 10.4. The summed E-state index contributed by atoms with van der Waals surface area (Å²) in [4.78, 5) is 6.68. The molecule has 0 aliphatic carbocycles. The second-order valence-electron chi connectivity index (χ2n) is 4.92. The normalized spacial score (nSPS) is 10.5. The number of hydrogen-bond acceptors (Lipinski definition) is 3. The Morgan fingerprint density at radius 2 is 1.84 bits per heavy atom. The van der Waals surface area contributed by atoms with Gasteiger partial charge in [-0.25, -0.2) is 4.98 Å². The van der Waals surface area contributed by atoms with Gasteiger partial charge < -0.3 is 10.6 Å². The fourth-order valence-corrected chi connectivity index (χ4v) is 2.17. The van der Waals surface area contributed by atoms with Crippen molar-refractivity contribution < 1.29 is 0 Å². The highest BCUT2D eigenvalue weighted by molar-refractivity contribution is 5.62. The van der Waals surface area contributed by atoms with Crippen molar-refractivity contribution in [1.82, 2.24) is 4.98 Å². The van der Waals surface area contributed by atoms with Crippen LogP contribution in [0.4, 0.5) is 11.5 Å². The Hall–Kier alpha value is -1.87. The molecule has 0 aliphatic heterocycles. The summed E-state index contributed by atoms with van der Waals surface area (Å²) >= 11 is 0. The van der Waals surface area contributed by atoms with Gasteiger partial charge in [0.2, 0.25) is 0 Å². The molecular formula is C16H21N3. The third-order valence-electron chi connectivity index (χ3n) is 3.28. The maximum absolute atomic E-state index is 5.58. The van der Waals surface area contributed by atoms with E-state index in [0.29, 0.717) is 6.54 Å². The van der Waals surface area contributed by atoms with Crippen LogP contribution in [0, 0.1) is 13.8 Å². The molecule has 0 amide bonds. The van der Waals surface area contributed by atoms with E-state index in [1.165, 1.54) is 16.7 Å². The SMILES string of the molecule is Cc1ccc(N(C)c2ncc(CCN)cc2C)cc1. The summed E-state index contributed by atoms with van der Waals surface area (Å²) in [6, 6.07) is 10.6. The number of nitrogens with zero attached hydrogens (tertiary/aromatic N) is 2. The topological polar surface area (TPSA) is 42.2 Å². The zero-order valence-electron chi connectivity index (χ0n) is 11.9. The second kappa shape index (κ2) is 5.85. The molecule has 19 heavy (non-hydrogen) atoms. The van der Waals surface area contributed by atoms with Gasteiger partial charge in [0.25, 0.3) is 0 Å². The minimum atomic E-state index is 0.661. The molecule has 100 valence electrons. The van der Waals surface area contributed by atoms with E-state index >= 15 is 0 Å². The summed E-state index contributed by atoms with van der Waals surface area (Å²) in [5, 5.41) is 0. The number of benzene rings is 1. The molecular weight excluding hydrogens is 234 g/mol. The largest absolute Gasteiger partial charge is 0.330 e. The molecule has 0 saturated carbocycles. The molecule has 2 N–H and O–H groups in total. The monoisotopic (exact) mass is 255 g/mol. The Kier molecular flexibility index (Phi) is 4.17. The van der Waals surface area contributed by atoms with Crippen LogP contribution < -0.4 is 10.6 Å². The van der Waals surface area contributed by atoms with E-state index in [9.17, 15) is 0 Å². The van der Waals surface area contributed by atoms with E-state index in [4.69, 9.17) is 5.73 Å². The number of aryl methyl sites for hydroxylation is 2. The summed E-state index contributed by atoms with van der Waals surface area (Å²) in [6.45, 7) is 4.84. The molecule has 0 radical (unpaired) electrons. The van der Waals surface area contributed by atoms with Crippen LogP contribution >= 0.6 is 0 Å². The maximum atomic E-state index is 5.58. The Labute approximate surface area is 115 Å². The molecule has 3 heteroatoms. The molecule has 0 atom stereocenters. The van der Waals surface area contributed by atoms with E-state index in [2.05, 4.69) is 54.1 Å². The lowest BCUT2D eigenvalue weighted by Crippen LogP contribution is -2.13. The predicted octanol–water partition coefficient (Wildman–Crippen LogP) is 2.97. The molecule has 1 aromatic heterocycles. The van der Waals surface area contributed by atoms with Gasteiger partial charge in [0.05, 0.1) is 0 Å². The maximum Gasteiger partial charge on any atom is 0.135 e. The van der Waals surface area contributed by atoms with Crippen LogP contribution in [0.3, 0.4) is 0 Å². The van der Waals surface area contributed by atoms with E-state index < -0.39 is 0 Å². The Balaban J connectivity index is 2.28. The van der Waals surface area contributed by atoms with Crippen LogP contribution in [-0.4, -0.2) is 18.6 Å². The highest BCUT2D eigenvalue weighted by Crippen LogP contribution is 2.25. The molecule has 1 heterocycles. The van der Waals surface area contributed by atoms with Gasteiger partial charge in [-0.15, -0.1) is 0 Å². The standard InChI is InChI=1S/C16H21N3/c1-12-4-6-15(7-5-12)19(3)16-13(2)10-14(8-9-17)11-18-16/h4-7,10-11H,8-9,17H2,1-3H3. The molecule has 1 aromatic carbocycles. The number of aromatic nitrogens is 1. The molecule has 2 aromatic rings. The lowest BCUT2D eigenvalue weighted by Gasteiger charge is -2.21. The number of nitrogens with two attached hydrogens (primary N) is 1. The first-order valence-electron chi connectivity index (χ1n) is 6.58. The van der Waals surface area contributed by atoms with Crippen LogP contribution in [0.15, 0.2) is 36.5 Å². The van der Waals surface area contributed by atoms with Gasteiger partial charge in [0, 0.05) is 18.9 Å². The van der Waals surface area contributed by atoms with Crippen molar-refractivity contribution in [2.45, 2.75) is 20.3 Å². The van der Waals surface area contributed by atoms with Crippen LogP contribution in [0.5, 0.6) is 0 Å². The fourth-order valence-electron chi connectivity index (χ4n) is 2.17. The van der Waals surface area contributed by atoms with Crippen LogP contribution in [0.2, 0.25) is 0 Å². The fraction of sp³-hybridized carbons (Fsp3) is 0.312. The van der Waals surface area contributed by atoms with Crippen molar-refractivity contribution in [3.8, 4) is 0 Å². The number of pyridine rings is 1. The summed E-state index contributed by atoms with van der Waals surface area (Å²) in [6.07, 6.45) is 2.79.